The van der Waals surface area contributed by atoms with Crippen LogP contribution in [0.3, 0.4) is 0 Å². The van der Waals surface area contributed by atoms with Crippen molar-refractivity contribution in [2.75, 3.05) is 13.6 Å². The Morgan fingerprint density at radius 3 is 2.72 bits per heavy atom. The van der Waals surface area contributed by atoms with Gasteiger partial charge >= 0.3 is 0 Å². The Labute approximate surface area is 148 Å². The fourth-order valence-corrected chi connectivity index (χ4v) is 2.30. The molecule has 2 rings (SSSR count). The normalized spacial score (nSPS) is 11.7. The van der Waals surface area contributed by atoms with E-state index in [0.29, 0.717) is 37.2 Å². The lowest BCUT2D eigenvalue weighted by Crippen LogP contribution is -2.38. The van der Waals surface area contributed by atoms with Gasteiger partial charge in [0.15, 0.2) is 11.8 Å². The molecule has 1 aromatic carbocycles. The number of ether oxygens (including phenoxy) is 1. The van der Waals surface area contributed by atoms with Crippen LogP contribution in [0, 0.1) is 13.8 Å². The Hall–Kier alpha value is -2.57. The standard InChI is InChI=1S/C18H27N5O2/c1-12(2)24-16-10-13(3)6-7-15(16)11-21-18(19-5)20-9-8-17-22-14(4)23-25-17/h6-7,10,12H,8-9,11H2,1-5H3,(H2,19,20,21). The third-order valence-electron chi connectivity index (χ3n) is 3.46. The van der Waals surface area contributed by atoms with Crippen LogP contribution in [-0.2, 0) is 13.0 Å². The molecule has 136 valence electrons. The average molecular weight is 345 g/mol. The van der Waals surface area contributed by atoms with Crippen molar-refractivity contribution < 1.29 is 9.26 Å². The first kappa shape index (κ1) is 18.8. The molecule has 1 aromatic heterocycles. The van der Waals surface area contributed by atoms with Crippen molar-refractivity contribution in [3.63, 3.8) is 0 Å². The maximum atomic E-state index is 5.91. The molecular weight excluding hydrogens is 318 g/mol. The number of nitrogens with zero attached hydrogens (tertiary/aromatic N) is 3. The summed E-state index contributed by atoms with van der Waals surface area (Å²) in [5, 5.41) is 10.3. The van der Waals surface area contributed by atoms with Gasteiger partial charge in [-0.05, 0) is 39.3 Å². The number of hydrogen-bond acceptors (Lipinski definition) is 5. The SMILES string of the molecule is CN=C(NCCc1nc(C)no1)NCc1ccc(C)cc1OC(C)C. The number of aryl methyl sites for hydroxylation is 2. The maximum Gasteiger partial charge on any atom is 0.228 e. The van der Waals surface area contributed by atoms with Crippen molar-refractivity contribution >= 4 is 5.96 Å². The molecule has 0 aliphatic carbocycles. The van der Waals surface area contributed by atoms with E-state index in [9.17, 15) is 0 Å². The van der Waals surface area contributed by atoms with Gasteiger partial charge in [-0.1, -0.05) is 17.3 Å². The molecule has 0 spiro atoms. The Bertz CT molecular complexity index is 709. The van der Waals surface area contributed by atoms with Crippen molar-refractivity contribution in [3.8, 4) is 5.75 Å². The molecule has 0 radical (unpaired) electrons. The fraction of sp³-hybridized carbons (Fsp3) is 0.500. The summed E-state index contributed by atoms with van der Waals surface area (Å²) in [4.78, 5) is 8.41. The van der Waals surface area contributed by atoms with E-state index >= 15 is 0 Å². The molecule has 0 aliphatic heterocycles. The summed E-state index contributed by atoms with van der Waals surface area (Å²) in [7, 11) is 1.74. The van der Waals surface area contributed by atoms with Crippen LogP contribution in [-0.4, -0.2) is 35.8 Å². The minimum absolute atomic E-state index is 0.135. The van der Waals surface area contributed by atoms with Gasteiger partial charge in [0.1, 0.15) is 5.75 Å². The second-order valence-electron chi connectivity index (χ2n) is 6.12. The van der Waals surface area contributed by atoms with E-state index in [2.05, 4.69) is 50.9 Å². The van der Waals surface area contributed by atoms with Crippen molar-refractivity contribution in [1.29, 1.82) is 0 Å². The number of aliphatic imine (C=N–C) groups is 1. The predicted octanol–water partition coefficient (Wildman–Crippen LogP) is 2.38. The van der Waals surface area contributed by atoms with Crippen LogP contribution in [0.25, 0.3) is 0 Å². The maximum absolute atomic E-state index is 5.91. The summed E-state index contributed by atoms with van der Waals surface area (Å²) in [6, 6.07) is 6.22. The Morgan fingerprint density at radius 2 is 2.08 bits per heavy atom. The first-order valence-corrected chi connectivity index (χ1v) is 8.48. The van der Waals surface area contributed by atoms with E-state index in [-0.39, 0.29) is 6.10 Å². The summed E-state index contributed by atoms with van der Waals surface area (Å²) >= 11 is 0. The molecule has 0 fully saturated rings. The van der Waals surface area contributed by atoms with E-state index in [1.54, 1.807) is 14.0 Å². The highest BCUT2D eigenvalue weighted by molar-refractivity contribution is 5.79. The minimum Gasteiger partial charge on any atom is -0.491 e. The van der Waals surface area contributed by atoms with E-state index < -0.39 is 0 Å². The van der Waals surface area contributed by atoms with E-state index in [0.717, 1.165) is 11.3 Å². The van der Waals surface area contributed by atoms with Gasteiger partial charge in [0, 0.05) is 32.1 Å². The van der Waals surface area contributed by atoms with Gasteiger partial charge in [-0.3, -0.25) is 4.99 Å². The van der Waals surface area contributed by atoms with Crippen LogP contribution < -0.4 is 15.4 Å². The average Bonchev–Trinajstić information content (AvgIpc) is 2.97. The number of nitrogens with one attached hydrogen (secondary N) is 2. The predicted molar refractivity (Wildman–Crippen MR) is 97.9 cm³/mol. The third kappa shape index (κ3) is 6.10. The van der Waals surface area contributed by atoms with Gasteiger partial charge in [0.25, 0.3) is 0 Å². The number of rotatable bonds is 7. The Kier molecular flexibility index (Phi) is 6.80. The molecule has 1 heterocycles. The first-order valence-electron chi connectivity index (χ1n) is 8.48. The van der Waals surface area contributed by atoms with Gasteiger partial charge in [0.05, 0.1) is 6.10 Å². The lowest BCUT2D eigenvalue weighted by Gasteiger charge is -2.17. The summed E-state index contributed by atoms with van der Waals surface area (Å²) < 4.78 is 11.0. The van der Waals surface area contributed by atoms with Crippen LogP contribution in [0.4, 0.5) is 0 Å². The highest BCUT2D eigenvalue weighted by Gasteiger charge is 2.08. The molecule has 0 amide bonds. The largest absolute Gasteiger partial charge is 0.491 e. The second-order valence-corrected chi connectivity index (χ2v) is 6.12. The van der Waals surface area contributed by atoms with E-state index in [1.807, 2.05) is 13.8 Å². The van der Waals surface area contributed by atoms with Gasteiger partial charge in [-0.25, -0.2) is 0 Å². The lowest BCUT2D eigenvalue weighted by molar-refractivity contribution is 0.239. The molecule has 2 aromatic rings. The summed E-state index contributed by atoms with van der Waals surface area (Å²) in [5.41, 5.74) is 2.27. The van der Waals surface area contributed by atoms with Crippen LogP contribution >= 0.6 is 0 Å². The summed E-state index contributed by atoms with van der Waals surface area (Å²) in [5.74, 6) is 2.88. The van der Waals surface area contributed by atoms with Crippen LogP contribution in [0.2, 0.25) is 0 Å². The van der Waals surface area contributed by atoms with Gasteiger partial charge in [-0.2, -0.15) is 4.98 Å². The fourth-order valence-electron chi connectivity index (χ4n) is 2.30. The molecule has 7 heteroatoms. The molecule has 0 saturated carbocycles. The molecular formula is C18H27N5O2. The monoisotopic (exact) mass is 345 g/mol. The molecule has 0 bridgehead atoms. The zero-order valence-corrected chi connectivity index (χ0v) is 15.6. The zero-order chi connectivity index (χ0) is 18.2. The Balaban J connectivity index is 1.87. The van der Waals surface area contributed by atoms with Gasteiger partial charge < -0.3 is 19.9 Å². The zero-order valence-electron chi connectivity index (χ0n) is 15.6. The number of benzene rings is 1. The molecule has 0 atom stereocenters. The Morgan fingerprint density at radius 1 is 1.28 bits per heavy atom. The van der Waals surface area contributed by atoms with Crippen LogP contribution in [0.15, 0.2) is 27.7 Å². The molecule has 7 nitrogen and oxygen atoms in total. The van der Waals surface area contributed by atoms with Gasteiger partial charge in [0.2, 0.25) is 5.89 Å². The van der Waals surface area contributed by atoms with Crippen molar-refractivity contribution in [1.82, 2.24) is 20.8 Å². The van der Waals surface area contributed by atoms with Crippen molar-refractivity contribution in [2.24, 2.45) is 4.99 Å². The topological polar surface area (TPSA) is 84.6 Å². The van der Waals surface area contributed by atoms with Gasteiger partial charge in [-0.15, -0.1) is 0 Å². The van der Waals surface area contributed by atoms with Crippen LogP contribution in [0.1, 0.15) is 36.7 Å². The lowest BCUT2D eigenvalue weighted by atomic mass is 10.1. The second kappa shape index (κ2) is 9.05. The van der Waals surface area contributed by atoms with Crippen LogP contribution in [0.5, 0.6) is 5.75 Å². The quantitative estimate of drug-likeness (QED) is 0.592. The highest BCUT2D eigenvalue weighted by Crippen LogP contribution is 2.21. The van der Waals surface area contributed by atoms with Crippen molar-refractivity contribution in [3.05, 3.63) is 41.0 Å². The van der Waals surface area contributed by atoms with Crippen molar-refractivity contribution in [2.45, 2.75) is 46.8 Å². The molecule has 0 unspecified atom stereocenters. The number of guanidine groups is 1. The molecule has 25 heavy (non-hydrogen) atoms. The molecule has 0 saturated heterocycles. The number of aromatic nitrogens is 2. The summed E-state index contributed by atoms with van der Waals surface area (Å²) in [6.07, 6.45) is 0.782. The minimum atomic E-state index is 0.135. The number of hydrogen-bond donors (Lipinski definition) is 2. The molecule has 0 aliphatic rings. The highest BCUT2D eigenvalue weighted by atomic mass is 16.5. The molecule has 2 N–H and O–H groups in total. The summed E-state index contributed by atoms with van der Waals surface area (Å²) in [6.45, 7) is 9.20. The van der Waals surface area contributed by atoms with E-state index in [1.165, 1.54) is 5.56 Å². The third-order valence-corrected chi connectivity index (χ3v) is 3.46. The van der Waals surface area contributed by atoms with E-state index in [4.69, 9.17) is 9.26 Å². The smallest absolute Gasteiger partial charge is 0.228 e. The first-order chi connectivity index (χ1) is 12.0.